The van der Waals surface area contributed by atoms with Crippen LogP contribution in [0.1, 0.15) is 16.6 Å². The molecule has 0 saturated carbocycles. The van der Waals surface area contributed by atoms with Crippen LogP contribution in [0.15, 0.2) is 65.6 Å². The standard InChI is InChI=1S/C21H21ClN2O4S2/c1-14(13-28-2)24-30(26,27)18-9-7-17(8-10-18)23-21(25)20-12-11-19(29-20)15-3-5-16(22)6-4-15/h3-12,14,24H,13H2,1-2H3,(H,23,25). The minimum atomic E-state index is -3.66. The number of hydrogen-bond acceptors (Lipinski definition) is 5. The van der Waals surface area contributed by atoms with Crippen molar-refractivity contribution in [3.05, 3.63) is 70.6 Å². The van der Waals surface area contributed by atoms with E-state index in [1.165, 1.54) is 30.6 Å². The molecule has 158 valence electrons. The molecule has 2 aromatic carbocycles. The highest BCUT2D eigenvalue weighted by molar-refractivity contribution is 7.89. The van der Waals surface area contributed by atoms with Crippen molar-refractivity contribution in [3.8, 4) is 10.4 Å². The lowest BCUT2D eigenvalue weighted by molar-refractivity contribution is 0.103. The fourth-order valence-corrected chi connectivity index (χ4v) is 5.02. The summed E-state index contributed by atoms with van der Waals surface area (Å²) in [5.41, 5.74) is 1.48. The Kier molecular flexibility index (Phi) is 7.27. The highest BCUT2D eigenvalue weighted by Gasteiger charge is 2.17. The number of halogens is 1. The van der Waals surface area contributed by atoms with Gasteiger partial charge in [-0.25, -0.2) is 13.1 Å². The summed E-state index contributed by atoms with van der Waals surface area (Å²) in [4.78, 5) is 14.2. The maximum absolute atomic E-state index is 12.5. The van der Waals surface area contributed by atoms with Gasteiger partial charge >= 0.3 is 0 Å². The Morgan fingerprint density at radius 2 is 1.73 bits per heavy atom. The van der Waals surface area contributed by atoms with Crippen LogP contribution >= 0.6 is 22.9 Å². The molecule has 0 saturated heterocycles. The maximum atomic E-state index is 12.5. The van der Waals surface area contributed by atoms with E-state index in [4.69, 9.17) is 16.3 Å². The molecule has 0 aliphatic rings. The fraction of sp³-hybridized carbons (Fsp3) is 0.190. The molecular formula is C21H21ClN2O4S2. The molecule has 6 nitrogen and oxygen atoms in total. The molecule has 3 rings (SSSR count). The molecule has 0 aliphatic heterocycles. The average molecular weight is 465 g/mol. The van der Waals surface area contributed by atoms with Gasteiger partial charge in [-0.05, 0) is 61.0 Å². The van der Waals surface area contributed by atoms with Crippen LogP contribution in [0.4, 0.5) is 5.69 Å². The molecular weight excluding hydrogens is 444 g/mol. The number of amides is 1. The van der Waals surface area contributed by atoms with E-state index in [1.807, 2.05) is 18.2 Å². The van der Waals surface area contributed by atoms with Gasteiger partial charge in [0.1, 0.15) is 0 Å². The molecule has 3 aromatic rings. The van der Waals surface area contributed by atoms with E-state index in [0.717, 1.165) is 10.4 Å². The third kappa shape index (κ3) is 5.68. The van der Waals surface area contributed by atoms with Gasteiger partial charge in [-0.15, -0.1) is 11.3 Å². The molecule has 0 spiro atoms. The van der Waals surface area contributed by atoms with Crippen molar-refractivity contribution in [3.63, 3.8) is 0 Å². The first-order valence-electron chi connectivity index (χ1n) is 9.07. The van der Waals surface area contributed by atoms with Crippen molar-refractivity contribution in [2.45, 2.75) is 17.9 Å². The van der Waals surface area contributed by atoms with Crippen LogP contribution in [0.25, 0.3) is 10.4 Å². The zero-order valence-electron chi connectivity index (χ0n) is 16.4. The zero-order chi connectivity index (χ0) is 21.7. The number of methoxy groups -OCH3 is 1. The van der Waals surface area contributed by atoms with E-state index in [2.05, 4.69) is 10.0 Å². The molecule has 0 aliphatic carbocycles. The van der Waals surface area contributed by atoms with E-state index >= 15 is 0 Å². The van der Waals surface area contributed by atoms with Gasteiger partial charge in [-0.3, -0.25) is 4.79 Å². The van der Waals surface area contributed by atoms with Gasteiger partial charge in [-0.2, -0.15) is 0 Å². The summed E-state index contributed by atoms with van der Waals surface area (Å²) in [6.45, 7) is 1.99. The summed E-state index contributed by atoms with van der Waals surface area (Å²) in [6.07, 6.45) is 0. The Hall–Kier alpha value is -2.23. The van der Waals surface area contributed by atoms with Crippen molar-refractivity contribution in [2.75, 3.05) is 19.0 Å². The molecule has 0 fully saturated rings. The number of hydrogen-bond donors (Lipinski definition) is 2. The van der Waals surface area contributed by atoms with Crippen LogP contribution in [-0.4, -0.2) is 34.1 Å². The number of anilines is 1. The molecule has 2 N–H and O–H groups in total. The van der Waals surface area contributed by atoms with Gasteiger partial charge in [0.15, 0.2) is 0 Å². The first-order valence-corrected chi connectivity index (χ1v) is 11.7. The molecule has 1 atom stereocenters. The number of sulfonamides is 1. The van der Waals surface area contributed by atoms with Gasteiger partial charge < -0.3 is 10.1 Å². The zero-order valence-corrected chi connectivity index (χ0v) is 18.8. The topological polar surface area (TPSA) is 84.5 Å². The number of carbonyl (C=O) groups is 1. The van der Waals surface area contributed by atoms with Gasteiger partial charge in [0, 0.05) is 28.7 Å². The van der Waals surface area contributed by atoms with Crippen LogP contribution in [0.3, 0.4) is 0 Å². The summed E-state index contributed by atoms with van der Waals surface area (Å²) >= 11 is 7.28. The van der Waals surface area contributed by atoms with Crippen LogP contribution in [-0.2, 0) is 14.8 Å². The van der Waals surface area contributed by atoms with E-state index in [9.17, 15) is 13.2 Å². The summed E-state index contributed by atoms with van der Waals surface area (Å²) in [5, 5.41) is 3.44. The number of ether oxygens (including phenoxy) is 1. The van der Waals surface area contributed by atoms with Crippen LogP contribution < -0.4 is 10.0 Å². The normalized spacial score (nSPS) is 12.5. The second-order valence-electron chi connectivity index (χ2n) is 6.63. The SMILES string of the molecule is COCC(C)NS(=O)(=O)c1ccc(NC(=O)c2ccc(-c3ccc(Cl)cc3)s2)cc1. The van der Waals surface area contributed by atoms with E-state index in [-0.39, 0.29) is 23.5 Å². The highest BCUT2D eigenvalue weighted by Crippen LogP contribution is 2.29. The van der Waals surface area contributed by atoms with Crippen LogP contribution in [0, 0.1) is 0 Å². The lowest BCUT2D eigenvalue weighted by Gasteiger charge is -2.13. The summed E-state index contributed by atoms with van der Waals surface area (Å²) < 4.78 is 32.2. The minimum absolute atomic E-state index is 0.115. The molecule has 9 heteroatoms. The number of thiophene rings is 1. The smallest absolute Gasteiger partial charge is 0.265 e. The first-order chi connectivity index (χ1) is 14.3. The number of nitrogens with one attached hydrogen (secondary N) is 2. The Labute approximate surface area is 184 Å². The average Bonchev–Trinajstić information content (AvgIpc) is 3.19. The van der Waals surface area contributed by atoms with Crippen molar-refractivity contribution < 1.29 is 17.9 Å². The molecule has 1 aromatic heterocycles. The Balaban J connectivity index is 1.67. The summed E-state index contributed by atoms with van der Waals surface area (Å²) in [5.74, 6) is -0.261. The summed E-state index contributed by atoms with van der Waals surface area (Å²) in [6, 6.07) is 16.7. The molecule has 1 unspecified atom stereocenters. The van der Waals surface area contributed by atoms with E-state index in [0.29, 0.717) is 15.6 Å². The number of rotatable bonds is 8. The van der Waals surface area contributed by atoms with Crippen molar-refractivity contribution in [1.82, 2.24) is 4.72 Å². The minimum Gasteiger partial charge on any atom is -0.383 e. The fourth-order valence-electron chi connectivity index (χ4n) is 2.76. The Bertz CT molecular complexity index is 1110. The van der Waals surface area contributed by atoms with Crippen molar-refractivity contribution >= 4 is 44.6 Å². The predicted molar refractivity (Wildman–Crippen MR) is 121 cm³/mol. The highest BCUT2D eigenvalue weighted by atomic mass is 35.5. The number of carbonyl (C=O) groups excluding carboxylic acids is 1. The molecule has 0 bridgehead atoms. The lowest BCUT2D eigenvalue weighted by Crippen LogP contribution is -2.35. The van der Waals surface area contributed by atoms with Crippen LogP contribution in [0.2, 0.25) is 5.02 Å². The largest absolute Gasteiger partial charge is 0.383 e. The molecule has 1 amide bonds. The molecule has 30 heavy (non-hydrogen) atoms. The quantitative estimate of drug-likeness (QED) is 0.508. The molecule has 0 radical (unpaired) electrons. The third-order valence-corrected chi connectivity index (χ3v) is 7.14. The second kappa shape index (κ2) is 9.72. The van der Waals surface area contributed by atoms with E-state index < -0.39 is 10.0 Å². The van der Waals surface area contributed by atoms with Crippen molar-refractivity contribution in [1.29, 1.82) is 0 Å². The lowest BCUT2D eigenvalue weighted by atomic mass is 10.2. The Morgan fingerprint density at radius 1 is 1.07 bits per heavy atom. The van der Waals surface area contributed by atoms with Crippen molar-refractivity contribution in [2.24, 2.45) is 0 Å². The van der Waals surface area contributed by atoms with Gasteiger partial charge in [0.05, 0.1) is 16.4 Å². The predicted octanol–water partition coefficient (Wildman–Crippen LogP) is 4.63. The third-order valence-electron chi connectivity index (χ3n) is 4.15. The second-order valence-corrected chi connectivity index (χ2v) is 9.86. The van der Waals surface area contributed by atoms with Gasteiger partial charge in [0.2, 0.25) is 10.0 Å². The van der Waals surface area contributed by atoms with Crippen LogP contribution in [0.5, 0.6) is 0 Å². The van der Waals surface area contributed by atoms with E-state index in [1.54, 1.807) is 37.3 Å². The van der Waals surface area contributed by atoms with Gasteiger partial charge in [0.25, 0.3) is 5.91 Å². The Morgan fingerprint density at radius 3 is 2.37 bits per heavy atom. The first kappa shape index (κ1) is 22.5. The maximum Gasteiger partial charge on any atom is 0.265 e. The molecule has 1 heterocycles. The number of benzene rings is 2. The monoisotopic (exact) mass is 464 g/mol. The van der Waals surface area contributed by atoms with Gasteiger partial charge in [-0.1, -0.05) is 23.7 Å². The summed E-state index contributed by atoms with van der Waals surface area (Å²) in [7, 11) is -2.15.